The maximum atomic E-state index is 12.6. The molecule has 0 radical (unpaired) electrons. The second-order valence-electron chi connectivity index (χ2n) is 8.30. The third-order valence-corrected chi connectivity index (χ3v) is 5.68. The topological polar surface area (TPSA) is 43.1 Å². The van der Waals surface area contributed by atoms with Gasteiger partial charge in [0.25, 0.3) is 0 Å². The first-order chi connectivity index (χ1) is 15.8. The number of rotatable bonds is 14. The standard InChI is InChI=1S/C28H35N2O2/c1-2-3-4-5-6-7-8-10-13-24-16-18-26(19-17-24)32-28-22-29-20-21-30(28)23-27(31)25-14-11-9-12-15-25/h9,11-12,14-22H,2-8,10,13,23H2,1H3/q+1. The van der Waals surface area contributed by atoms with Crippen molar-refractivity contribution >= 4 is 5.78 Å². The average Bonchev–Trinajstić information content (AvgIpc) is 2.83. The van der Waals surface area contributed by atoms with Crippen molar-refractivity contribution in [1.29, 1.82) is 0 Å². The van der Waals surface area contributed by atoms with Crippen LogP contribution in [-0.2, 0) is 13.0 Å². The van der Waals surface area contributed by atoms with Crippen molar-refractivity contribution in [1.82, 2.24) is 4.98 Å². The quantitative estimate of drug-likeness (QED) is 0.161. The van der Waals surface area contributed by atoms with Crippen LogP contribution in [0.5, 0.6) is 11.6 Å². The summed E-state index contributed by atoms with van der Waals surface area (Å²) in [6, 6.07) is 17.6. The van der Waals surface area contributed by atoms with Gasteiger partial charge in [-0.1, -0.05) is 94.3 Å². The maximum Gasteiger partial charge on any atom is 0.392 e. The highest BCUT2D eigenvalue weighted by molar-refractivity contribution is 5.94. The number of aromatic nitrogens is 2. The number of aryl methyl sites for hydroxylation is 1. The molecule has 0 amide bonds. The van der Waals surface area contributed by atoms with Gasteiger partial charge in [-0.25, -0.2) is 4.98 Å². The molecule has 0 fully saturated rings. The van der Waals surface area contributed by atoms with E-state index in [1.807, 2.05) is 42.5 Å². The summed E-state index contributed by atoms with van der Waals surface area (Å²) >= 11 is 0. The number of carbonyl (C=O) groups excluding carboxylic acids is 1. The Kier molecular flexibility index (Phi) is 9.91. The smallest absolute Gasteiger partial charge is 0.392 e. The largest absolute Gasteiger partial charge is 0.404 e. The van der Waals surface area contributed by atoms with Crippen molar-refractivity contribution in [2.24, 2.45) is 0 Å². The molecule has 0 bridgehead atoms. The molecule has 4 nitrogen and oxygen atoms in total. The van der Waals surface area contributed by atoms with Crippen LogP contribution in [0.25, 0.3) is 0 Å². The highest BCUT2D eigenvalue weighted by atomic mass is 16.5. The monoisotopic (exact) mass is 431 g/mol. The summed E-state index contributed by atoms with van der Waals surface area (Å²) in [5, 5.41) is 0. The lowest BCUT2D eigenvalue weighted by atomic mass is 10.0. The highest BCUT2D eigenvalue weighted by Crippen LogP contribution is 2.19. The predicted molar refractivity (Wildman–Crippen MR) is 128 cm³/mol. The number of nitrogens with zero attached hydrogens (tertiary/aromatic N) is 2. The first-order valence-corrected chi connectivity index (χ1v) is 11.9. The normalized spacial score (nSPS) is 10.8. The first-order valence-electron chi connectivity index (χ1n) is 11.9. The van der Waals surface area contributed by atoms with E-state index in [2.05, 4.69) is 24.0 Å². The Bertz CT molecular complexity index is 939. The van der Waals surface area contributed by atoms with E-state index in [9.17, 15) is 4.79 Å². The van der Waals surface area contributed by atoms with Crippen molar-refractivity contribution < 1.29 is 14.1 Å². The molecular formula is C28H35N2O2+. The average molecular weight is 432 g/mol. The summed E-state index contributed by atoms with van der Waals surface area (Å²) in [4.78, 5) is 16.7. The van der Waals surface area contributed by atoms with Gasteiger partial charge < -0.3 is 4.74 Å². The zero-order valence-corrected chi connectivity index (χ0v) is 19.2. The van der Waals surface area contributed by atoms with Crippen LogP contribution in [0, 0.1) is 0 Å². The second kappa shape index (κ2) is 13.4. The van der Waals surface area contributed by atoms with Crippen molar-refractivity contribution in [3.8, 4) is 11.6 Å². The van der Waals surface area contributed by atoms with Gasteiger partial charge in [-0.3, -0.25) is 4.79 Å². The van der Waals surface area contributed by atoms with E-state index in [4.69, 9.17) is 4.74 Å². The maximum absolute atomic E-state index is 12.6. The molecule has 0 aliphatic heterocycles. The minimum atomic E-state index is 0.0346. The van der Waals surface area contributed by atoms with Gasteiger partial charge in [-0.05, 0) is 30.5 Å². The Balaban J connectivity index is 1.48. The molecule has 0 atom stereocenters. The minimum absolute atomic E-state index is 0.0346. The Morgan fingerprint density at radius 3 is 2.28 bits per heavy atom. The van der Waals surface area contributed by atoms with Crippen LogP contribution in [0.1, 0.15) is 74.2 Å². The third kappa shape index (κ3) is 7.92. The molecule has 0 aliphatic carbocycles. The van der Waals surface area contributed by atoms with E-state index < -0.39 is 0 Å². The lowest BCUT2D eigenvalue weighted by Crippen LogP contribution is -2.39. The van der Waals surface area contributed by atoms with Gasteiger partial charge in [-0.15, -0.1) is 0 Å². The SMILES string of the molecule is CCCCCCCCCCc1ccc(Oc2cncc[n+]2CC(=O)c2ccccc2)cc1. The fourth-order valence-corrected chi connectivity index (χ4v) is 3.77. The molecule has 0 aliphatic rings. The Morgan fingerprint density at radius 1 is 0.875 bits per heavy atom. The molecule has 0 spiro atoms. The molecule has 3 aromatic rings. The van der Waals surface area contributed by atoms with Crippen molar-refractivity contribution in [3.63, 3.8) is 0 Å². The molecule has 2 aromatic carbocycles. The zero-order chi connectivity index (χ0) is 22.4. The van der Waals surface area contributed by atoms with Gasteiger partial charge in [-0.2, -0.15) is 4.57 Å². The molecule has 0 saturated heterocycles. The number of Topliss-reactive ketones (excluding diaryl/α,β-unsaturated/α-hetero) is 1. The van der Waals surface area contributed by atoms with Crippen molar-refractivity contribution in [2.45, 2.75) is 71.3 Å². The van der Waals surface area contributed by atoms with E-state index in [0.29, 0.717) is 11.4 Å². The molecule has 0 saturated carbocycles. The Morgan fingerprint density at radius 2 is 1.56 bits per heavy atom. The molecular weight excluding hydrogens is 396 g/mol. The van der Waals surface area contributed by atoms with Gasteiger partial charge in [0.2, 0.25) is 12.3 Å². The lowest BCUT2D eigenvalue weighted by Gasteiger charge is -2.07. The van der Waals surface area contributed by atoms with Gasteiger partial charge in [0.15, 0.2) is 6.20 Å². The summed E-state index contributed by atoms with van der Waals surface area (Å²) in [6.45, 7) is 2.47. The second-order valence-corrected chi connectivity index (χ2v) is 8.30. The fraction of sp³-hybridized carbons (Fsp3) is 0.393. The number of ketones is 1. The zero-order valence-electron chi connectivity index (χ0n) is 19.2. The minimum Gasteiger partial charge on any atom is -0.404 e. The van der Waals surface area contributed by atoms with Crippen LogP contribution >= 0.6 is 0 Å². The van der Waals surface area contributed by atoms with Crippen LogP contribution in [0.2, 0.25) is 0 Å². The van der Waals surface area contributed by atoms with Crippen LogP contribution in [0.4, 0.5) is 0 Å². The molecule has 0 unspecified atom stereocenters. The molecule has 3 rings (SSSR count). The van der Waals surface area contributed by atoms with Gasteiger partial charge in [0.1, 0.15) is 11.9 Å². The molecule has 168 valence electrons. The summed E-state index contributed by atoms with van der Waals surface area (Å²) in [5.74, 6) is 1.33. The van der Waals surface area contributed by atoms with Crippen LogP contribution in [0.3, 0.4) is 0 Å². The summed E-state index contributed by atoms with van der Waals surface area (Å²) in [7, 11) is 0. The number of benzene rings is 2. The number of hydrogen-bond acceptors (Lipinski definition) is 3. The number of unbranched alkanes of at least 4 members (excludes halogenated alkanes) is 7. The first kappa shape index (κ1) is 23.6. The summed E-state index contributed by atoms with van der Waals surface area (Å²) < 4.78 is 7.83. The van der Waals surface area contributed by atoms with Gasteiger partial charge >= 0.3 is 5.88 Å². The Labute approximate surface area is 192 Å². The predicted octanol–water partition coefficient (Wildman–Crippen LogP) is 6.73. The lowest BCUT2D eigenvalue weighted by molar-refractivity contribution is -0.687. The fourth-order valence-electron chi connectivity index (χ4n) is 3.77. The van der Waals surface area contributed by atoms with E-state index in [-0.39, 0.29) is 12.3 Å². The van der Waals surface area contributed by atoms with E-state index in [0.717, 1.165) is 12.2 Å². The highest BCUT2D eigenvalue weighted by Gasteiger charge is 2.18. The summed E-state index contributed by atoms with van der Waals surface area (Å²) in [5.41, 5.74) is 2.02. The van der Waals surface area contributed by atoms with Crippen LogP contribution in [0.15, 0.2) is 73.2 Å². The summed E-state index contributed by atoms with van der Waals surface area (Å²) in [6.07, 6.45) is 16.9. The Hall–Kier alpha value is -3.01. The number of hydrogen-bond donors (Lipinski definition) is 0. The number of ether oxygens (including phenoxy) is 1. The van der Waals surface area contributed by atoms with Crippen molar-refractivity contribution in [3.05, 3.63) is 84.3 Å². The molecule has 32 heavy (non-hydrogen) atoms. The van der Waals surface area contributed by atoms with E-state index in [1.165, 1.54) is 56.9 Å². The van der Waals surface area contributed by atoms with Crippen LogP contribution in [-0.4, -0.2) is 10.8 Å². The molecule has 1 heterocycles. The van der Waals surface area contributed by atoms with Gasteiger partial charge in [0, 0.05) is 5.56 Å². The number of carbonyl (C=O) groups is 1. The van der Waals surface area contributed by atoms with E-state index >= 15 is 0 Å². The molecule has 1 aromatic heterocycles. The van der Waals surface area contributed by atoms with Gasteiger partial charge in [0.05, 0.1) is 6.20 Å². The van der Waals surface area contributed by atoms with Crippen LogP contribution < -0.4 is 9.30 Å². The molecule has 4 heteroatoms. The molecule has 0 N–H and O–H groups in total. The van der Waals surface area contributed by atoms with E-state index in [1.54, 1.807) is 23.2 Å². The third-order valence-electron chi connectivity index (χ3n) is 5.68. The van der Waals surface area contributed by atoms with Crippen molar-refractivity contribution in [2.75, 3.05) is 0 Å².